The number of rotatable bonds is 6. The quantitative estimate of drug-likeness (QED) is 0.683. The van der Waals surface area contributed by atoms with E-state index in [2.05, 4.69) is 53.6 Å². The third-order valence-electron chi connectivity index (χ3n) is 5.40. The molecule has 5 heteroatoms. The highest BCUT2D eigenvalue weighted by Crippen LogP contribution is 2.54. The Labute approximate surface area is 158 Å². The van der Waals surface area contributed by atoms with Crippen LogP contribution in [-0.4, -0.2) is 42.6 Å². The van der Waals surface area contributed by atoms with Gasteiger partial charge in [0, 0.05) is 33.2 Å². The molecule has 24 heavy (non-hydrogen) atoms. The summed E-state index contributed by atoms with van der Waals surface area (Å²) >= 11 is 2.26. The molecule has 2 aliphatic rings. The Bertz CT molecular complexity index is 605. The molecule has 0 aromatic heterocycles. The number of hydrogen-bond donors (Lipinski definition) is 1. The molecule has 1 aliphatic heterocycles. The Kier molecular flexibility index (Phi) is 5.52. The fourth-order valence-corrected chi connectivity index (χ4v) is 5.14. The first-order chi connectivity index (χ1) is 11.4. The topological polar surface area (TPSA) is 41.6 Å². The van der Waals surface area contributed by atoms with Gasteiger partial charge < -0.3 is 10.1 Å². The lowest BCUT2D eigenvalue weighted by molar-refractivity contribution is -0.158. The minimum atomic E-state index is 0.0728. The number of nitrogens with zero attached hydrogens (tertiary/aromatic N) is 1. The largest absolute Gasteiger partial charge is 0.377 e. The highest BCUT2D eigenvalue weighted by atomic mass is 127. The van der Waals surface area contributed by atoms with Gasteiger partial charge in [0.1, 0.15) is 0 Å². The lowest BCUT2D eigenvalue weighted by Crippen LogP contribution is -2.67. The van der Waals surface area contributed by atoms with E-state index in [0.29, 0.717) is 24.6 Å². The average Bonchev–Trinajstić information content (AvgIpc) is 2.93. The number of amides is 1. The highest BCUT2D eigenvalue weighted by Gasteiger charge is 2.61. The lowest BCUT2D eigenvalue weighted by Gasteiger charge is -2.58. The molecule has 0 unspecified atom stereocenters. The molecule has 1 N–H and O–H groups in total. The summed E-state index contributed by atoms with van der Waals surface area (Å²) < 4.78 is 7.04. The fraction of sp³-hybridized carbons (Fsp3) is 0.632. The molecule has 1 aromatic rings. The number of nitrogens with one attached hydrogen (secondary N) is 1. The minimum Gasteiger partial charge on any atom is -0.377 e. The molecule has 1 aliphatic carbocycles. The molecular weight excluding hydrogens is 415 g/mol. The van der Waals surface area contributed by atoms with Crippen molar-refractivity contribution in [3.05, 3.63) is 27.8 Å². The van der Waals surface area contributed by atoms with Crippen LogP contribution in [0.4, 0.5) is 5.69 Å². The van der Waals surface area contributed by atoms with Crippen molar-refractivity contribution in [2.45, 2.75) is 45.8 Å². The van der Waals surface area contributed by atoms with Crippen molar-refractivity contribution >= 4 is 34.2 Å². The molecule has 3 rings (SSSR count). The SMILES string of the molecule is CCCN(CC(=O)Nc1cccc(I)c1)[C@@H]1[C@@H]2CCO[C@H]2C1(C)C. The van der Waals surface area contributed by atoms with Crippen LogP contribution in [0.5, 0.6) is 0 Å². The number of hydrogen-bond acceptors (Lipinski definition) is 3. The van der Waals surface area contributed by atoms with E-state index in [1.54, 1.807) is 0 Å². The van der Waals surface area contributed by atoms with Crippen LogP contribution in [0.15, 0.2) is 24.3 Å². The van der Waals surface area contributed by atoms with Gasteiger partial charge in [-0.3, -0.25) is 9.69 Å². The van der Waals surface area contributed by atoms with Gasteiger partial charge in [-0.25, -0.2) is 0 Å². The molecule has 3 atom stereocenters. The zero-order valence-electron chi connectivity index (χ0n) is 14.7. The molecule has 1 heterocycles. The average molecular weight is 442 g/mol. The second kappa shape index (κ2) is 7.30. The van der Waals surface area contributed by atoms with E-state index in [1.807, 2.05) is 24.3 Å². The van der Waals surface area contributed by atoms with Crippen molar-refractivity contribution < 1.29 is 9.53 Å². The number of halogens is 1. The van der Waals surface area contributed by atoms with Crippen molar-refractivity contribution in [3.63, 3.8) is 0 Å². The Morgan fingerprint density at radius 3 is 2.96 bits per heavy atom. The Balaban J connectivity index is 1.67. The van der Waals surface area contributed by atoms with Crippen molar-refractivity contribution in [2.75, 3.05) is 25.0 Å². The summed E-state index contributed by atoms with van der Waals surface area (Å²) in [7, 11) is 0. The molecule has 2 fully saturated rings. The molecule has 132 valence electrons. The first-order valence-corrected chi connectivity index (χ1v) is 9.92. The smallest absolute Gasteiger partial charge is 0.238 e. The number of anilines is 1. The monoisotopic (exact) mass is 442 g/mol. The van der Waals surface area contributed by atoms with Gasteiger partial charge in [0.2, 0.25) is 5.91 Å². The van der Waals surface area contributed by atoms with E-state index in [-0.39, 0.29) is 11.3 Å². The number of ether oxygens (including phenoxy) is 1. The number of benzene rings is 1. The van der Waals surface area contributed by atoms with E-state index in [9.17, 15) is 4.79 Å². The zero-order valence-corrected chi connectivity index (χ0v) is 16.9. The first kappa shape index (κ1) is 18.1. The van der Waals surface area contributed by atoms with Crippen molar-refractivity contribution in [2.24, 2.45) is 11.3 Å². The molecule has 0 spiro atoms. The van der Waals surface area contributed by atoms with Crippen LogP contribution in [0.25, 0.3) is 0 Å². The molecule has 1 aromatic carbocycles. The summed E-state index contributed by atoms with van der Waals surface area (Å²) in [6.07, 6.45) is 2.54. The summed E-state index contributed by atoms with van der Waals surface area (Å²) in [5.41, 5.74) is 0.997. The Morgan fingerprint density at radius 1 is 1.46 bits per heavy atom. The van der Waals surface area contributed by atoms with Crippen LogP contribution in [0, 0.1) is 14.9 Å². The van der Waals surface area contributed by atoms with Crippen LogP contribution in [0.3, 0.4) is 0 Å². The van der Waals surface area contributed by atoms with Crippen LogP contribution >= 0.6 is 22.6 Å². The summed E-state index contributed by atoms with van der Waals surface area (Å²) in [6.45, 7) is 9.02. The molecule has 0 bridgehead atoms. The zero-order chi connectivity index (χ0) is 17.3. The van der Waals surface area contributed by atoms with Gasteiger partial charge in [-0.1, -0.05) is 26.8 Å². The maximum absolute atomic E-state index is 12.6. The second-order valence-corrected chi connectivity index (χ2v) is 8.78. The maximum Gasteiger partial charge on any atom is 0.238 e. The molecular formula is C19H27IN2O2. The van der Waals surface area contributed by atoms with Crippen molar-refractivity contribution in [1.29, 1.82) is 0 Å². The third-order valence-corrected chi connectivity index (χ3v) is 6.07. The van der Waals surface area contributed by atoms with Crippen LogP contribution in [-0.2, 0) is 9.53 Å². The number of carbonyl (C=O) groups is 1. The summed E-state index contributed by atoms with van der Waals surface area (Å²) in [6, 6.07) is 8.37. The second-order valence-electron chi connectivity index (χ2n) is 7.54. The molecule has 0 radical (unpaired) electrons. The van der Waals surface area contributed by atoms with Crippen molar-refractivity contribution in [3.8, 4) is 0 Å². The third kappa shape index (κ3) is 3.48. The number of carbonyl (C=O) groups excluding carboxylic acids is 1. The van der Waals surface area contributed by atoms with E-state index >= 15 is 0 Å². The lowest BCUT2D eigenvalue weighted by atomic mass is 9.56. The van der Waals surface area contributed by atoms with E-state index < -0.39 is 0 Å². The van der Waals surface area contributed by atoms with Gasteiger partial charge in [0.25, 0.3) is 0 Å². The summed E-state index contributed by atoms with van der Waals surface area (Å²) in [4.78, 5) is 14.9. The first-order valence-electron chi connectivity index (χ1n) is 8.84. The highest BCUT2D eigenvalue weighted by molar-refractivity contribution is 14.1. The molecule has 1 saturated heterocycles. The van der Waals surface area contributed by atoms with Gasteiger partial charge in [-0.15, -0.1) is 0 Å². The molecule has 4 nitrogen and oxygen atoms in total. The van der Waals surface area contributed by atoms with Gasteiger partial charge in [0.05, 0.1) is 12.6 Å². The number of fused-ring (bicyclic) bond motifs is 1. The minimum absolute atomic E-state index is 0.0728. The van der Waals surface area contributed by atoms with E-state index in [1.165, 1.54) is 0 Å². The van der Waals surface area contributed by atoms with Crippen LogP contribution < -0.4 is 5.32 Å². The maximum atomic E-state index is 12.6. The molecule has 1 amide bonds. The van der Waals surface area contributed by atoms with Crippen LogP contribution in [0.1, 0.15) is 33.6 Å². The standard InChI is InChI=1S/C19H27IN2O2/c1-4-9-22(17-15-8-10-24-18(15)19(17,2)3)12-16(23)21-14-7-5-6-13(20)11-14/h5-7,11,15,17-18H,4,8-10,12H2,1-3H3,(H,21,23)/t15-,17+,18+/m0/s1. The van der Waals surface area contributed by atoms with Crippen molar-refractivity contribution in [1.82, 2.24) is 4.90 Å². The van der Waals surface area contributed by atoms with Gasteiger partial charge in [-0.05, 0) is 60.2 Å². The van der Waals surface area contributed by atoms with Gasteiger partial charge >= 0.3 is 0 Å². The predicted octanol–water partition coefficient (Wildman–Crippen LogP) is 3.76. The summed E-state index contributed by atoms with van der Waals surface area (Å²) in [5.74, 6) is 0.653. The normalized spacial score (nSPS) is 27.6. The Morgan fingerprint density at radius 2 is 2.25 bits per heavy atom. The van der Waals surface area contributed by atoms with Gasteiger partial charge in [0.15, 0.2) is 0 Å². The molecule has 1 saturated carbocycles. The van der Waals surface area contributed by atoms with Crippen LogP contribution in [0.2, 0.25) is 0 Å². The fourth-order valence-electron chi connectivity index (χ4n) is 4.59. The van der Waals surface area contributed by atoms with Gasteiger partial charge in [-0.2, -0.15) is 0 Å². The Hall–Kier alpha value is -0.660. The predicted molar refractivity (Wildman–Crippen MR) is 105 cm³/mol. The summed E-state index contributed by atoms with van der Waals surface area (Å²) in [5, 5.41) is 3.05. The van der Waals surface area contributed by atoms with E-state index in [0.717, 1.165) is 35.3 Å². The van der Waals surface area contributed by atoms with E-state index in [4.69, 9.17) is 4.74 Å².